The highest BCUT2D eigenvalue weighted by atomic mass is 32.2. The molecule has 0 bridgehead atoms. The summed E-state index contributed by atoms with van der Waals surface area (Å²) in [5.41, 5.74) is 1.49. The predicted molar refractivity (Wildman–Crippen MR) is 118 cm³/mol. The Morgan fingerprint density at radius 2 is 1.84 bits per heavy atom. The van der Waals surface area contributed by atoms with Gasteiger partial charge in [-0.1, -0.05) is 19.9 Å². The van der Waals surface area contributed by atoms with Crippen molar-refractivity contribution in [3.63, 3.8) is 0 Å². The predicted octanol–water partition coefficient (Wildman–Crippen LogP) is 2.25. The number of piperazine rings is 1. The molecule has 1 aromatic heterocycles. The van der Waals surface area contributed by atoms with E-state index in [9.17, 15) is 18.5 Å². The molecule has 9 heteroatoms. The van der Waals surface area contributed by atoms with E-state index >= 15 is 0 Å². The molecule has 0 atom stereocenters. The Kier molecular flexibility index (Phi) is 6.93. The molecule has 1 aliphatic heterocycles. The summed E-state index contributed by atoms with van der Waals surface area (Å²) in [6.45, 7) is 8.10. The van der Waals surface area contributed by atoms with Crippen molar-refractivity contribution in [2.45, 2.75) is 25.7 Å². The fraction of sp³-hybridized carbons (Fsp3) is 0.409. The maximum Gasteiger partial charge on any atom is 0.254 e. The number of amides is 1. The second kappa shape index (κ2) is 9.45. The van der Waals surface area contributed by atoms with Gasteiger partial charge >= 0.3 is 0 Å². The minimum atomic E-state index is -3.66. The van der Waals surface area contributed by atoms with E-state index in [1.807, 2.05) is 4.90 Å². The lowest BCUT2D eigenvalue weighted by molar-refractivity contribution is 0.0746. The van der Waals surface area contributed by atoms with E-state index in [1.165, 1.54) is 10.4 Å². The molecular formula is C22H27N5O3S. The number of sulfonamides is 1. The number of benzene rings is 1. The van der Waals surface area contributed by atoms with Gasteiger partial charge in [-0.3, -0.25) is 4.79 Å². The maximum atomic E-state index is 13.1. The van der Waals surface area contributed by atoms with E-state index in [2.05, 4.69) is 11.1 Å². The average molecular weight is 442 g/mol. The van der Waals surface area contributed by atoms with Crippen LogP contribution in [0.1, 0.15) is 35.3 Å². The number of aromatic nitrogens is 1. The summed E-state index contributed by atoms with van der Waals surface area (Å²) < 4.78 is 27.4. The monoisotopic (exact) mass is 441 g/mol. The minimum absolute atomic E-state index is 0.174. The smallest absolute Gasteiger partial charge is 0.254 e. The fourth-order valence-electron chi connectivity index (χ4n) is 3.75. The highest BCUT2D eigenvalue weighted by Gasteiger charge is 2.27. The first kappa shape index (κ1) is 22.7. The van der Waals surface area contributed by atoms with Crippen molar-refractivity contribution in [1.29, 1.82) is 5.26 Å². The summed E-state index contributed by atoms with van der Waals surface area (Å²) in [6.07, 6.45) is 1.65. The lowest BCUT2D eigenvalue weighted by atomic mass is 10.1. The van der Waals surface area contributed by atoms with Crippen molar-refractivity contribution >= 4 is 21.7 Å². The molecule has 164 valence electrons. The summed E-state index contributed by atoms with van der Waals surface area (Å²) in [5.74, 6) is 0.428. The maximum absolute atomic E-state index is 13.1. The van der Waals surface area contributed by atoms with Crippen molar-refractivity contribution in [2.24, 2.45) is 0 Å². The van der Waals surface area contributed by atoms with Crippen LogP contribution in [0, 0.1) is 18.3 Å². The van der Waals surface area contributed by atoms with Gasteiger partial charge in [-0.15, -0.1) is 0 Å². The molecule has 0 radical (unpaired) electrons. The summed E-state index contributed by atoms with van der Waals surface area (Å²) in [5, 5.41) is 9.29. The normalized spacial score (nSPS) is 14.5. The Morgan fingerprint density at radius 1 is 1.16 bits per heavy atom. The highest BCUT2D eigenvalue weighted by Crippen LogP contribution is 2.23. The van der Waals surface area contributed by atoms with Gasteiger partial charge in [0.05, 0.1) is 10.5 Å². The Morgan fingerprint density at radius 3 is 2.45 bits per heavy atom. The molecule has 8 nitrogen and oxygen atoms in total. The van der Waals surface area contributed by atoms with E-state index in [-0.39, 0.29) is 10.8 Å². The molecule has 0 unspecified atom stereocenters. The van der Waals surface area contributed by atoms with Crippen LogP contribution in [0.25, 0.3) is 0 Å². The van der Waals surface area contributed by atoms with E-state index < -0.39 is 10.0 Å². The van der Waals surface area contributed by atoms with Crippen molar-refractivity contribution < 1.29 is 13.2 Å². The molecule has 1 saturated heterocycles. The van der Waals surface area contributed by atoms with Crippen molar-refractivity contribution in [3.05, 3.63) is 53.2 Å². The largest absolute Gasteiger partial charge is 0.352 e. The molecule has 1 aromatic carbocycles. The van der Waals surface area contributed by atoms with E-state index in [4.69, 9.17) is 0 Å². The topological polar surface area (TPSA) is 97.6 Å². The van der Waals surface area contributed by atoms with Crippen LogP contribution in [0.5, 0.6) is 0 Å². The van der Waals surface area contributed by atoms with Crippen LogP contribution in [0.4, 0.5) is 5.82 Å². The highest BCUT2D eigenvalue weighted by molar-refractivity contribution is 7.89. The van der Waals surface area contributed by atoms with Crippen molar-refractivity contribution in [1.82, 2.24) is 14.2 Å². The van der Waals surface area contributed by atoms with E-state index in [1.54, 1.807) is 56.1 Å². The molecule has 2 aromatic rings. The zero-order valence-electron chi connectivity index (χ0n) is 18.1. The number of hydrogen-bond acceptors (Lipinski definition) is 6. The molecule has 1 aliphatic rings. The molecule has 0 N–H and O–H groups in total. The molecule has 3 rings (SSSR count). The molecule has 1 fully saturated rings. The molecule has 1 amide bonds. The summed E-state index contributed by atoms with van der Waals surface area (Å²) in [7, 11) is -3.66. The van der Waals surface area contributed by atoms with Gasteiger partial charge in [0.15, 0.2) is 0 Å². The number of anilines is 1. The van der Waals surface area contributed by atoms with Crippen LogP contribution in [0.15, 0.2) is 41.4 Å². The SMILES string of the molecule is CCN(CC)S(=O)(=O)c1cc(C(=O)N2CCN(c3ncccc3C#N)CC2)ccc1C. The van der Waals surface area contributed by atoms with Crippen LogP contribution in [0.3, 0.4) is 0 Å². The van der Waals surface area contributed by atoms with Crippen LogP contribution >= 0.6 is 0 Å². The summed E-state index contributed by atoms with van der Waals surface area (Å²) >= 11 is 0. The zero-order chi connectivity index (χ0) is 22.6. The van der Waals surface area contributed by atoms with Gasteiger partial charge in [-0.25, -0.2) is 13.4 Å². The number of carbonyl (C=O) groups excluding carboxylic acids is 1. The third-order valence-electron chi connectivity index (χ3n) is 5.53. The Balaban J connectivity index is 1.78. The van der Waals surface area contributed by atoms with Gasteiger partial charge in [-0.05, 0) is 36.8 Å². The summed E-state index contributed by atoms with van der Waals surface area (Å²) in [4.78, 5) is 21.3. The standard InChI is InChI=1S/C22H27N5O3S/c1-4-27(5-2)31(29,30)20-15-18(9-8-17(20)3)22(28)26-13-11-25(12-14-26)21-19(16-23)7-6-10-24-21/h6-10,15H,4-5,11-14H2,1-3H3. The van der Waals surface area contributed by atoms with Gasteiger partial charge < -0.3 is 9.80 Å². The molecule has 31 heavy (non-hydrogen) atoms. The number of rotatable bonds is 6. The third-order valence-corrected chi connectivity index (χ3v) is 7.72. The fourth-order valence-corrected chi connectivity index (χ4v) is 5.46. The quantitative estimate of drug-likeness (QED) is 0.682. The van der Waals surface area contributed by atoms with Gasteiger partial charge in [0.25, 0.3) is 5.91 Å². The molecule has 2 heterocycles. The lowest BCUT2D eigenvalue weighted by Gasteiger charge is -2.35. The molecular weight excluding hydrogens is 414 g/mol. The Labute approximate surface area is 183 Å². The number of nitriles is 1. The first-order chi connectivity index (χ1) is 14.8. The zero-order valence-corrected chi connectivity index (χ0v) is 18.9. The van der Waals surface area contributed by atoms with Crippen LogP contribution in [-0.4, -0.2) is 67.8 Å². The third kappa shape index (κ3) is 4.55. The van der Waals surface area contributed by atoms with Crippen LogP contribution in [0.2, 0.25) is 0 Å². The number of aryl methyl sites for hydroxylation is 1. The molecule has 0 spiro atoms. The van der Waals surface area contributed by atoms with Crippen LogP contribution < -0.4 is 4.90 Å². The van der Waals surface area contributed by atoms with E-state index in [0.717, 1.165) is 0 Å². The van der Waals surface area contributed by atoms with Gasteiger partial charge in [0.2, 0.25) is 10.0 Å². The van der Waals surface area contributed by atoms with Crippen LogP contribution in [-0.2, 0) is 10.0 Å². The first-order valence-electron chi connectivity index (χ1n) is 10.3. The summed E-state index contributed by atoms with van der Waals surface area (Å²) in [6, 6.07) is 10.5. The minimum Gasteiger partial charge on any atom is -0.352 e. The second-order valence-electron chi connectivity index (χ2n) is 7.34. The van der Waals surface area contributed by atoms with Crippen molar-refractivity contribution in [2.75, 3.05) is 44.2 Å². The number of pyridine rings is 1. The van der Waals surface area contributed by atoms with Crippen molar-refractivity contribution in [3.8, 4) is 6.07 Å². The lowest BCUT2D eigenvalue weighted by Crippen LogP contribution is -2.49. The molecule has 0 saturated carbocycles. The Hall–Kier alpha value is -2.96. The van der Waals surface area contributed by atoms with E-state index in [0.29, 0.717) is 61.8 Å². The number of carbonyl (C=O) groups is 1. The molecule has 0 aliphatic carbocycles. The van der Waals surface area contributed by atoms with Gasteiger partial charge in [-0.2, -0.15) is 9.57 Å². The average Bonchev–Trinajstić information content (AvgIpc) is 2.79. The van der Waals surface area contributed by atoms with Gasteiger partial charge in [0, 0.05) is 51.0 Å². The Bertz CT molecular complexity index is 1100. The first-order valence-corrected chi connectivity index (χ1v) is 11.8. The second-order valence-corrected chi connectivity index (χ2v) is 9.24. The number of hydrogen-bond donors (Lipinski definition) is 0. The number of nitrogens with zero attached hydrogens (tertiary/aromatic N) is 5. The van der Waals surface area contributed by atoms with Gasteiger partial charge in [0.1, 0.15) is 11.9 Å².